The van der Waals surface area contributed by atoms with Crippen LogP contribution in [-0.2, 0) is 4.74 Å². The predicted molar refractivity (Wildman–Crippen MR) is 67.8 cm³/mol. The zero-order chi connectivity index (χ0) is 13.8. The topological polar surface area (TPSA) is 32.7 Å². The Morgan fingerprint density at radius 2 is 2.26 bits per heavy atom. The third-order valence-corrected chi connectivity index (χ3v) is 3.40. The van der Waals surface area contributed by atoms with E-state index in [2.05, 4.69) is 0 Å². The van der Waals surface area contributed by atoms with Crippen molar-refractivity contribution in [1.29, 1.82) is 0 Å². The number of ether oxygens (including phenoxy) is 1. The van der Waals surface area contributed by atoms with Gasteiger partial charge in [0, 0.05) is 31.3 Å². The number of benzene rings is 1. The molecule has 5 heteroatoms. The quantitative estimate of drug-likeness (QED) is 0.910. The van der Waals surface area contributed by atoms with Crippen LogP contribution in [0.3, 0.4) is 0 Å². The Kier molecular flexibility index (Phi) is 4.85. The summed E-state index contributed by atoms with van der Waals surface area (Å²) in [7, 11) is 0. The van der Waals surface area contributed by atoms with Gasteiger partial charge in [-0.25, -0.2) is 8.78 Å². The number of hydrogen-bond acceptors (Lipinski definition) is 3. The summed E-state index contributed by atoms with van der Waals surface area (Å²) in [6.07, 6.45) is -0.0948. The average molecular weight is 271 g/mol. The van der Waals surface area contributed by atoms with Crippen molar-refractivity contribution in [3.63, 3.8) is 0 Å². The Hall–Kier alpha value is -1.04. The van der Waals surface area contributed by atoms with Crippen molar-refractivity contribution in [2.45, 2.75) is 25.6 Å². The van der Waals surface area contributed by atoms with E-state index in [9.17, 15) is 13.9 Å². The maximum absolute atomic E-state index is 13.7. The Morgan fingerprint density at radius 1 is 1.47 bits per heavy atom. The minimum atomic E-state index is -0.588. The number of aliphatic hydroxyl groups is 1. The molecule has 0 aromatic heterocycles. The maximum Gasteiger partial charge on any atom is 0.131 e. The molecule has 1 aliphatic heterocycles. The normalized spacial score (nSPS) is 22.4. The predicted octanol–water partition coefficient (Wildman–Crippen LogP) is 2.11. The van der Waals surface area contributed by atoms with Crippen molar-refractivity contribution in [2.24, 2.45) is 0 Å². The maximum atomic E-state index is 13.7. The highest BCUT2D eigenvalue weighted by molar-refractivity contribution is 5.21. The molecule has 0 aliphatic carbocycles. The molecule has 1 aliphatic rings. The monoisotopic (exact) mass is 271 g/mol. The third kappa shape index (κ3) is 3.72. The van der Waals surface area contributed by atoms with Gasteiger partial charge in [0.25, 0.3) is 0 Å². The second-order valence-corrected chi connectivity index (χ2v) is 4.85. The first-order valence-corrected chi connectivity index (χ1v) is 6.57. The summed E-state index contributed by atoms with van der Waals surface area (Å²) < 4.78 is 32.1. The minimum Gasteiger partial charge on any atom is -0.392 e. The fourth-order valence-electron chi connectivity index (χ4n) is 2.25. The molecule has 2 atom stereocenters. The number of aliphatic hydroxyl groups excluding tert-OH is 1. The number of halogens is 2. The largest absolute Gasteiger partial charge is 0.392 e. The van der Waals surface area contributed by atoms with Gasteiger partial charge in [0.05, 0.1) is 18.8 Å². The SMILES string of the molecule is CCC(O)CN1CCOC(c2ccc(F)cc2F)C1. The zero-order valence-electron chi connectivity index (χ0n) is 11.0. The molecule has 0 spiro atoms. The molecule has 3 nitrogen and oxygen atoms in total. The van der Waals surface area contributed by atoms with Gasteiger partial charge in [-0.1, -0.05) is 13.0 Å². The van der Waals surface area contributed by atoms with E-state index in [1.807, 2.05) is 11.8 Å². The number of rotatable bonds is 4. The van der Waals surface area contributed by atoms with Crippen LogP contribution in [0, 0.1) is 11.6 Å². The molecule has 0 bridgehead atoms. The van der Waals surface area contributed by atoms with Crippen LogP contribution in [0.2, 0.25) is 0 Å². The first kappa shape index (κ1) is 14.4. The lowest BCUT2D eigenvalue weighted by Crippen LogP contribution is -2.42. The first-order chi connectivity index (χ1) is 9.10. The molecule has 106 valence electrons. The third-order valence-electron chi connectivity index (χ3n) is 3.40. The Morgan fingerprint density at radius 3 is 2.95 bits per heavy atom. The molecule has 1 saturated heterocycles. The van der Waals surface area contributed by atoms with Gasteiger partial charge in [0.1, 0.15) is 11.6 Å². The van der Waals surface area contributed by atoms with E-state index in [1.165, 1.54) is 12.1 Å². The first-order valence-electron chi connectivity index (χ1n) is 6.57. The molecule has 1 N–H and O–H groups in total. The van der Waals surface area contributed by atoms with E-state index in [0.29, 0.717) is 31.7 Å². The van der Waals surface area contributed by atoms with Crippen molar-refractivity contribution in [3.05, 3.63) is 35.4 Å². The summed E-state index contributed by atoms with van der Waals surface area (Å²) in [4.78, 5) is 2.05. The molecule has 2 unspecified atom stereocenters. The molecule has 0 amide bonds. The van der Waals surface area contributed by atoms with Crippen molar-refractivity contribution in [2.75, 3.05) is 26.2 Å². The van der Waals surface area contributed by atoms with Crippen molar-refractivity contribution in [1.82, 2.24) is 4.90 Å². The van der Waals surface area contributed by atoms with Crippen LogP contribution in [0.4, 0.5) is 8.78 Å². The molecular formula is C14H19F2NO2. The average Bonchev–Trinajstić information content (AvgIpc) is 2.39. The molecule has 0 radical (unpaired) electrons. The second kappa shape index (κ2) is 6.41. The van der Waals surface area contributed by atoms with Crippen LogP contribution in [0.25, 0.3) is 0 Å². The van der Waals surface area contributed by atoms with Crippen LogP contribution in [-0.4, -0.2) is 42.4 Å². The van der Waals surface area contributed by atoms with Crippen molar-refractivity contribution < 1.29 is 18.6 Å². The Balaban J connectivity index is 2.04. The van der Waals surface area contributed by atoms with Crippen LogP contribution in [0.15, 0.2) is 18.2 Å². The number of nitrogens with zero attached hydrogens (tertiary/aromatic N) is 1. The van der Waals surface area contributed by atoms with Crippen LogP contribution < -0.4 is 0 Å². The molecular weight excluding hydrogens is 252 g/mol. The molecule has 19 heavy (non-hydrogen) atoms. The van der Waals surface area contributed by atoms with Gasteiger partial charge in [0.2, 0.25) is 0 Å². The second-order valence-electron chi connectivity index (χ2n) is 4.85. The highest BCUT2D eigenvalue weighted by Gasteiger charge is 2.25. The van der Waals surface area contributed by atoms with E-state index < -0.39 is 17.7 Å². The van der Waals surface area contributed by atoms with Crippen molar-refractivity contribution >= 4 is 0 Å². The summed E-state index contributed by atoms with van der Waals surface area (Å²) in [6, 6.07) is 3.54. The molecule has 1 aromatic rings. The summed E-state index contributed by atoms with van der Waals surface area (Å²) in [5.41, 5.74) is 0.372. The lowest BCUT2D eigenvalue weighted by atomic mass is 10.1. The fourth-order valence-corrected chi connectivity index (χ4v) is 2.25. The summed E-state index contributed by atoms with van der Waals surface area (Å²) in [6.45, 7) is 4.19. The number of β-amino-alcohol motifs (C(OH)–C–C–N with tert-alkyl or cyclic N) is 1. The van der Waals surface area contributed by atoms with Gasteiger partial charge in [-0.05, 0) is 12.5 Å². The van der Waals surface area contributed by atoms with Gasteiger partial charge in [0.15, 0.2) is 0 Å². The zero-order valence-corrected chi connectivity index (χ0v) is 11.0. The fraction of sp³-hybridized carbons (Fsp3) is 0.571. The van der Waals surface area contributed by atoms with E-state index in [0.717, 1.165) is 12.6 Å². The van der Waals surface area contributed by atoms with Crippen LogP contribution >= 0.6 is 0 Å². The molecule has 0 saturated carbocycles. The Bertz CT molecular complexity index is 428. The highest BCUT2D eigenvalue weighted by atomic mass is 19.1. The summed E-state index contributed by atoms with van der Waals surface area (Å²) >= 11 is 0. The van der Waals surface area contributed by atoms with Gasteiger partial charge >= 0.3 is 0 Å². The van der Waals surface area contributed by atoms with E-state index >= 15 is 0 Å². The molecule has 1 heterocycles. The molecule has 2 rings (SSSR count). The van der Waals surface area contributed by atoms with Crippen LogP contribution in [0.1, 0.15) is 25.0 Å². The van der Waals surface area contributed by atoms with Crippen molar-refractivity contribution in [3.8, 4) is 0 Å². The lowest BCUT2D eigenvalue weighted by Gasteiger charge is -2.34. The molecule has 1 aromatic carbocycles. The minimum absolute atomic E-state index is 0.372. The van der Waals surface area contributed by atoms with Gasteiger partial charge in [-0.15, -0.1) is 0 Å². The van der Waals surface area contributed by atoms with Gasteiger partial charge in [-0.3, -0.25) is 4.90 Å². The lowest BCUT2D eigenvalue weighted by molar-refractivity contribution is -0.0436. The van der Waals surface area contributed by atoms with E-state index in [-0.39, 0.29) is 6.10 Å². The van der Waals surface area contributed by atoms with E-state index in [1.54, 1.807) is 0 Å². The highest BCUT2D eigenvalue weighted by Crippen LogP contribution is 2.25. The van der Waals surface area contributed by atoms with Crippen LogP contribution in [0.5, 0.6) is 0 Å². The standard InChI is InChI=1S/C14H19F2NO2/c1-2-11(18)8-17-5-6-19-14(9-17)12-4-3-10(15)7-13(12)16/h3-4,7,11,14,18H,2,5-6,8-9H2,1H3. The molecule has 1 fully saturated rings. The smallest absolute Gasteiger partial charge is 0.131 e. The van der Waals surface area contributed by atoms with E-state index in [4.69, 9.17) is 4.74 Å². The number of hydrogen-bond donors (Lipinski definition) is 1. The van der Waals surface area contributed by atoms with Gasteiger partial charge < -0.3 is 9.84 Å². The summed E-state index contributed by atoms with van der Waals surface area (Å²) in [5, 5.41) is 9.65. The summed E-state index contributed by atoms with van der Waals surface area (Å²) in [5.74, 6) is -1.17. The Labute approximate surface area is 111 Å². The van der Waals surface area contributed by atoms with Gasteiger partial charge in [-0.2, -0.15) is 0 Å². The number of morpholine rings is 1.